The van der Waals surface area contributed by atoms with Crippen LogP contribution in [0.4, 0.5) is 4.79 Å². The van der Waals surface area contributed by atoms with Crippen LogP contribution >= 0.6 is 0 Å². The number of alkyl carbamates (subject to hydrolysis) is 1. The van der Waals surface area contributed by atoms with Crippen molar-refractivity contribution in [3.05, 3.63) is 54.1 Å². The van der Waals surface area contributed by atoms with E-state index in [0.717, 1.165) is 18.5 Å². The predicted octanol–water partition coefficient (Wildman–Crippen LogP) is 2.65. The lowest BCUT2D eigenvalue weighted by molar-refractivity contribution is -0.123. The molecule has 1 heterocycles. The van der Waals surface area contributed by atoms with E-state index in [0.29, 0.717) is 13.0 Å². The van der Waals surface area contributed by atoms with E-state index in [9.17, 15) is 9.59 Å². The lowest BCUT2D eigenvalue weighted by atomic mass is 10.1. The molecule has 0 saturated heterocycles. The number of hydrogen-bond acceptors (Lipinski definition) is 4. The number of benzene rings is 1. The summed E-state index contributed by atoms with van der Waals surface area (Å²) in [6, 6.07) is 9.56. The van der Waals surface area contributed by atoms with Crippen molar-refractivity contribution in [2.45, 2.75) is 64.3 Å². The summed E-state index contributed by atoms with van der Waals surface area (Å²) in [5, 5.41) is 5.64. The minimum atomic E-state index is -0.726. The zero-order valence-corrected chi connectivity index (χ0v) is 16.6. The first-order valence-corrected chi connectivity index (χ1v) is 9.63. The van der Waals surface area contributed by atoms with Crippen molar-refractivity contribution in [2.75, 3.05) is 0 Å². The molecular weight excluding hydrogens is 356 g/mol. The summed E-state index contributed by atoms with van der Waals surface area (Å²) >= 11 is 0. The minimum Gasteiger partial charge on any atom is -0.444 e. The fraction of sp³-hybridized carbons (Fsp3) is 0.476. The average Bonchev–Trinajstić information content (AvgIpc) is 3.31. The first-order chi connectivity index (χ1) is 13.3. The Bertz CT molecular complexity index is 807. The zero-order valence-electron chi connectivity index (χ0n) is 16.6. The van der Waals surface area contributed by atoms with Crippen LogP contribution in [0.2, 0.25) is 0 Å². The highest BCUT2D eigenvalue weighted by atomic mass is 16.6. The molecule has 1 aromatic carbocycles. The first-order valence-electron chi connectivity index (χ1n) is 9.63. The van der Waals surface area contributed by atoms with E-state index in [1.165, 1.54) is 5.56 Å². The van der Waals surface area contributed by atoms with Gasteiger partial charge in [-0.2, -0.15) is 0 Å². The molecule has 7 heteroatoms. The molecule has 1 atom stereocenters. The summed E-state index contributed by atoms with van der Waals surface area (Å²) in [6.45, 7) is 6.07. The maximum absolute atomic E-state index is 12.6. The molecule has 0 bridgehead atoms. The zero-order chi connectivity index (χ0) is 20.1. The number of nitrogens with one attached hydrogen (secondary N) is 2. The van der Waals surface area contributed by atoms with Crippen molar-refractivity contribution in [1.29, 1.82) is 0 Å². The van der Waals surface area contributed by atoms with Crippen molar-refractivity contribution in [1.82, 2.24) is 20.2 Å². The van der Waals surface area contributed by atoms with Crippen molar-refractivity contribution in [2.24, 2.45) is 0 Å². The van der Waals surface area contributed by atoms with Gasteiger partial charge in [0, 0.05) is 25.2 Å². The molecule has 2 N–H and O–H groups in total. The highest BCUT2D eigenvalue weighted by Crippen LogP contribution is 2.19. The quantitative estimate of drug-likeness (QED) is 0.769. The third-order valence-electron chi connectivity index (χ3n) is 4.24. The lowest BCUT2D eigenvalue weighted by Gasteiger charge is -2.23. The second kappa shape index (κ2) is 8.46. The van der Waals surface area contributed by atoms with E-state index >= 15 is 0 Å². The largest absolute Gasteiger partial charge is 0.444 e. The molecule has 0 spiro atoms. The van der Waals surface area contributed by atoms with E-state index in [4.69, 9.17) is 4.74 Å². The van der Waals surface area contributed by atoms with Gasteiger partial charge in [-0.15, -0.1) is 0 Å². The smallest absolute Gasteiger partial charge is 0.408 e. The Morgan fingerprint density at radius 1 is 1.25 bits per heavy atom. The molecule has 1 aromatic heterocycles. The van der Waals surface area contributed by atoms with Crippen LogP contribution in [0.3, 0.4) is 0 Å². The lowest BCUT2D eigenvalue weighted by Crippen LogP contribution is -2.49. The van der Waals surface area contributed by atoms with Gasteiger partial charge in [0.1, 0.15) is 11.6 Å². The molecule has 0 aliphatic heterocycles. The molecule has 7 nitrogen and oxygen atoms in total. The number of rotatable bonds is 7. The number of amides is 2. The molecular formula is C21H28N4O3. The van der Waals surface area contributed by atoms with Gasteiger partial charge in [-0.3, -0.25) is 4.79 Å². The molecule has 2 amide bonds. The fourth-order valence-electron chi connectivity index (χ4n) is 2.79. The summed E-state index contributed by atoms with van der Waals surface area (Å²) in [6.07, 6.45) is 5.31. The monoisotopic (exact) mass is 384 g/mol. The Morgan fingerprint density at radius 2 is 1.96 bits per heavy atom. The summed E-state index contributed by atoms with van der Waals surface area (Å²) in [4.78, 5) is 29.2. The number of imidazole rings is 1. The Balaban J connectivity index is 1.64. The maximum atomic E-state index is 12.6. The molecule has 3 rings (SSSR count). The summed E-state index contributed by atoms with van der Waals surface area (Å²) in [5.74, 6) is -0.203. The van der Waals surface area contributed by atoms with Crippen LogP contribution < -0.4 is 10.6 Å². The summed E-state index contributed by atoms with van der Waals surface area (Å²) in [5.41, 5.74) is 1.28. The van der Waals surface area contributed by atoms with Gasteiger partial charge in [0.2, 0.25) is 5.91 Å². The van der Waals surface area contributed by atoms with Crippen LogP contribution in [0.25, 0.3) is 0 Å². The van der Waals surface area contributed by atoms with Crippen LogP contribution in [0.1, 0.15) is 44.9 Å². The average molecular weight is 384 g/mol. The SMILES string of the molecule is CC(C)(C)OC(=O)N[C@@H](Cc1cn(Cc2ccccc2)cn1)C(=O)NC1CC1. The number of carbonyl (C=O) groups excluding carboxylic acids is 2. The van der Waals surface area contributed by atoms with Gasteiger partial charge in [0.15, 0.2) is 0 Å². The second-order valence-electron chi connectivity index (χ2n) is 8.21. The van der Waals surface area contributed by atoms with Crippen LogP contribution in [-0.2, 0) is 22.5 Å². The Morgan fingerprint density at radius 3 is 2.61 bits per heavy atom. The van der Waals surface area contributed by atoms with Gasteiger partial charge >= 0.3 is 6.09 Å². The van der Waals surface area contributed by atoms with Gasteiger partial charge in [-0.25, -0.2) is 9.78 Å². The first kappa shape index (κ1) is 19.9. The third-order valence-corrected chi connectivity index (χ3v) is 4.24. The van der Waals surface area contributed by atoms with Crippen LogP contribution in [0.15, 0.2) is 42.9 Å². The molecule has 2 aromatic rings. The molecule has 0 radical (unpaired) electrons. The molecule has 1 aliphatic carbocycles. The van der Waals surface area contributed by atoms with Crippen LogP contribution in [-0.4, -0.2) is 39.2 Å². The van der Waals surface area contributed by atoms with E-state index < -0.39 is 17.7 Å². The van der Waals surface area contributed by atoms with Gasteiger partial charge in [-0.1, -0.05) is 30.3 Å². The normalized spacial score (nSPS) is 15.0. The van der Waals surface area contributed by atoms with E-state index in [-0.39, 0.29) is 11.9 Å². The van der Waals surface area contributed by atoms with Gasteiger partial charge in [-0.05, 0) is 39.2 Å². The van der Waals surface area contributed by atoms with Crippen LogP contribution in [0.5, 0.6) is 0 Å². The van der Waals surface area contributed by atoms with Crippen LogP contribution in [0, 0.1) is 0 Å². The predicted molar refractivity (Wildman–Crippen MR) is 106 cm³/mol. The molecule has 150 valence electrons. The van der Waals surface area contributed by atoms with Crippen molar-refractivity contribution < 1.29 is 14.3 Å². The Hall–Kier alpha value is -2.83. The number of nitrogens with zero attached hydrogens (tertiary/aromatic N) is 2. The topological polar surface area (TPSA) is 85.2 Å². The minimum absolute atomic E-state index is 0.203. The highest BCUT2D eigenvalue weighted by Gasteiger charge is 2.30. The Labute approximate surface area is 165 Å². The Kier molecular flexibility index (Phi) is 6.02. The third kappa shape index (κ3) is 6.40. The number of ether oxygens (including phenoxy) is 1. The molecule has 0 unspecified atom stereocenters. The van der Waals surface area contributed by atoms with Gasteiger partial charge in [0.25, 0.3) is 0 Å². The molecule has 1 fully saturated rings. The van der Waals surface area contributed by atoms with E-state index in [1.54, 1.807) is 27.1 Å². The van der Waals surface area contributed by atoms with E-state index in [2.05, 4.69) is 27.8 Å². The summed E-state index contributed by atoms with van der Waals surface area (Å²) < 4.78 is 7.27. The van der Waals surface area contributed by atoms with Gasteiger partial charge < -0.3 is 19.9 Å². The van der Waals surface area contributed by atoms with Crippen molar-refractivity contribution >= 4 is 12.0 Å². The standard InChI is InChI=1S/C21H28N4O3/c1-21(2,3)28-20(27)24-18(19(26)23-16-9-10-16)11-17-13-25(14-22-17)12-15-7-5-4-6-8-15/h4-8,13-14,16,18H,9-12H2,1-3H3,(H,23,26)(H,24,27)/t18-/m0/s1. The number of hydrogen-bond donors (Lipinski definition) is 2. The molecule has 1 saturated carbocycles. The van der Waals surface area contributed by atoms with Crippen molar-refractivity contribution in [3.63, 3.8) is 0 Å². The second-order valence-corrected chi connectivity index (χ2v) is 8.21. The number of aromatic nitrogens is 2. The fourth-order valence-corrected chi connectivity index (χ4v) is 2.79. The highest BCUT2D eigenvalue weighted by molar-refractivity contribution is 5.86. The summed E-state index contributed by atoms with van der Waals surface area (Å²) in [7, 11) is 0. The maximum Gasteiger partial charge on any atom is 0.408 e. The van der Waals surface area contributed by atoms with Gasteiger partial charge in [0.05, 0.1) is 12.0 Å². The van der Waals surface area contributed by atoms with E-state index in [1.807, 2.05) is 29.0 Å². The van der Waals surface area contributed by atoms with Crippen molar-refractivity contribution in [3.8, 4) is 0 Å². The number of carbonyl (C=O) groups is 2. The molecule has 1 aliphatic rings. The molecule has 28 heavy (non-hydrogen) atoms.